The molecule has 0 fully saturated rings. The number of aryl methyl sites for hydroxylation is 1. The molecule has 0 bridgehead atoms. The highest BCUT2D eigenvalue weighted by atomic mass is 35.5. The van der Waals surface area contributed by atoms with Gasteiger partial charge in [-0.05, 0) is 31.9 Å². The number of pyridine rings is 1. The van der Waals surface area contributed by atoms with E-state index in [1.165, 1.54) is 11.8 Å². The number of hydrogen-bond acceptors (Lipinski definition) is 4. The number of carbonyl (C=O) groups excluding carboxylic acids is 1. The van der Waals surface area contributed by atoms with E-state index in [9.17, 15) is 4.79 Å². The molecule has 0 aromatic carbocycles. The molecule has 2 heterocycles. The summed E-state index contributed by atoms with van der Waals surface area (Å²) in [6.07, 6.45) is 1.60. The maximum atomic E-state index is 11.7. The topological polar surface area (TPSA) is 73.8 Å². The first-order valence-electron chi connectivity index (χ1n) is 6.39. The Labute approximate surface area is 132 Å². The van der Waals surface area contributed by atoms with Gasteiger partial charge in [0.05, 0.1) is 17.5 Å². The van der Waals surface area contributed by atoms with Crippen molar-refractivity contribution < 1.29 is 4.79 Å². The van der Waals surface area contributed by atoms with E-state index in [1.54, 1.807) is 10.8 Å². The van der Waals surface area contributed by atoms with Gasteiger partial charge in [0.2, 0.25) is 0 Å². The maximum Gasteiger partial charge on any atom is 0.251 e. The zero-order valence-electron chi connectivity index (χ0n) is 12.4. The predicted octanol–water partition coefficient (Wildman–Crippen LogP) is 2.78. The second kappa shape index (κ2) is 6.07. The standard InChI is InChI=1S/C14H17ClN4OS/c1-7-8(2)12(13(16)20)14(18-9(7)3)21-6-11-17-5-10(15)19(11)4/h5H,6H2,1-4H3,(H2,16,20). The summed E-state index contributed by atoms with van der Waals surface area (Å²) < 4.78 is 1.80. The summed E-state index contributed by atoms with van der Waals surface area (Å²) in [7, 11) is 1.85. The molecule has 2 N–H and O–H groups in total. The molecule has 0 aliphatic rings. The van der Waals surface area contributed by atoms with Crippen molar-refractivity contribution in [3.63, 3.8) is 0 Å². The highest BCUT2D eigenvalue weighted by Crippen LogP contribution is 2.29. The third-order valence-electron chi connectivity index (χ3n) is 3.58. The molecule has 0 saturated carbocycles. The first-order chi connectivity index (χ1) is 9.82. The van der Waals surface area contributed by atoms with Crippen molar-refractivity contribution in [1.82, 2.24) is 14.5 Å². The Balaban J connectivity index is 2.36. The zero-order chi connectivity index (χ0) is 15.7. The van der Waals surface area contributed by atoms with Gasteiger partial charge in [0.1, 0.15) is 16.0 Å². The number of primary amides is 1. The van der Waals surface area contributed by atoms with E-state index in [1.807, 2.05) is 27.8 Å². The van der Waals surface area contributed by atoms with Crippen LogP contribution >= 0.6 is 23.4 Å². The van der Waals surface area contributed by atoms with Crippen molar-refractivity contribution in [2.75, 3.05) is 0 Å². The van der Waals surface area contributed by atoms with Gasteiger partial charge in [-0.1, -0.05) is 23.4 Å². The van der Waals surface area contributed by atoms with Crippen LogP contribution in [0.15, 0.2) is 11.2 Å². The highest BCUT2D eigenvalue weighted by molar-refractivity contribution is 7.98. The summed E-state index contributed by atoms with van der Waals surface area (Å²) in [6.45, 7) is 5.76. The number of carbonyl (C=O) groups is 1. The van der Waals surface area contributed by atoms with E-state index < -0.39 is 5.91 Å². The molecule has 0 radical (unpaired) electrons. The fraction of sp³-hybridized carbons (Fsp3) is 0.357. The van der Waals surface area contributed by atoms with Gasteiger partial charge in [0, 0.05) is 12.7 Å². The number of halogens is 1. The quantitative estimate of drug-likeness (QED) is 0.878. The Kier molecular flexibility index (Phi) is 4.58. The molecule has 5 nitrogen and oxygen atoms in total. The van der Waals surface area contributed by atoms with Crippen LogP contribution in [-0.4, -0.2) is 20.4 Å². The number of nitrogens with two attached hydrogens (primary N) is 1. The van der Waals surface area contributed by atoms with Crippen LogP contribution in [0.5, 0.6) is 0 Å². The molecule has 0 saturated heterocycles. The van der Waals surface area contributed by atoms with E-state index >= 15 is 0 Å². The van der Waals surface area contributed by atoms with Crippen molar-refractivity contribution in [2.45, 2.75) is 31.6 Å². The first-order valence-corrected chi connectivity index (χ1v) is 7.75. The predicted molar refractivity (Wildman–Crippen MR) is 84.7 cm³/mol. The van der Waals surface area contributed by atoms with Crippen LogP contribution in [-0.2, 0) is 12.8 Å². The second-order valence-electron chi connectivity index (χ2n) is 4.84. The molecule has 112 valence electrons. The summed E-state index contributed by atoms with van der Waals surface area (Å²) in [5.74, 6) is 0.930. The molecule has 0 spiro atoms. The molecule has 2 rings (SSSR count). The minimum absolute atomic E-state index is 0.455. The lowest BCUT2D eigenvalue weighted by Gasteiger charge is -2.13. The van der Waals surface area contributed by atoms with Crippen LogP contribution in [0, 0.1) is 20.8 Å². The van der Waals surface area contributed by atoms with Gasteiger partial charge in [-0.25, -0.2) is 9.97 Å². The molecular weight excluding hydrogens is 308 g/mol. The summed E-state index contributed by atoms with van der Waals surface area (Å²) in [6, 6.07) is 0. The Morgan fingerprint density at radius 3 is 2.57 bits per heavy atom. The summed E-state index contributed by atoms with van der Waals surface area (Å²) >= 11 is 7.40. The van der Waals surface area contributed by atoms with Crippen molar-refractivity contribution in [3.8, 4) is 0 Å². The lowest BCUT2D eigenvalue weighted by molar-refractivity contribution is 0.0996. The van der Waals surface area contributed by atoms with Crippen LogP contribution in [0.3, 0.4) is 0 Å². The third-order valence-corrected chi connectivity index (χ3v) is 4.90. The highest BCUT2D eigenvalue weighted by Gasteiger charge is 2.18. The van der Waals surface area contributed by atoms with Gasteiger partial charge < -0.3 is 10.3 Å². The Morgan fingerprint density at radius 2 is 2.05 bits per heavy atom. The SMILES string of the molecule is Cc1nc(SCc2ncc(Cl)n2C)c(C(N)=O)c(C)c1C. The minimum Gasteiger partial charge on any atom is -0.366 e. The van der Waals surface area contributed by atoms with Crippen LogP contribution in [0.1, 0.15) is 33.0 Å². The second-order valence-corrected chi connectivity index (χ2v) is 6.19. The van der Waals surface area contributed by atoms with Crippen LogP contribution in [0.2, 0.25) is 5.15 Å². The van der Waals surface area contributed by atoms with Gasteiger partial charge in [-0.2, -0.15) is 0 Å². The van der Waals surface area contributed by atoms with Gasteiger partial charge >= 0.3 is 0 Å². The van der Waals surface area contributed by atoms with Gasteiger partial charge in [-0.3, -0.25) is 4.79 Å². The largest absolute Gasteiger partial charge is 0.366 e. The summed E-state index contributed by atoms with van der Waals surface area (Å²) in [4.78, 5) is 20.4. The van der Waals surface area contributed by atoms with Gasteiger partial charge in [0.15, 0.2) is 0 Å². The van der Waals surface area contributed by atoms with E-state index in [0.29, 0.717) is 21.5 Å². The van der Waals surface area contributed by atoms with E-state index in [4.69, 9.17) is 17.3 Å². The molecule has 0 unspecified atom stereocenters. The van der Waals surface area contributed by atoms with E-state index in [0.717, 1.165) is 22.6 Å². The molecule has 0 aliphatic heterocycles. The fourth-order valence-corrected chi connectivity index (χ4v) is 3.28. The molecule has 21 heavy (non-hydrogen) atoms. The normalized spacial score (nSPS) is 10.9. The van der Waals surface area contributed by atoms with E-state index in [2.05, 4.69) is 9.97 Å². The fourth-order valence-electron chi connectivity index (χ4n) is 2.00. The smallest absolute Gasteiger partial charge is 0.251 e. The Hall–Kier alpha value is -1.53. The van der Waals surface area contributed by atoms with Crippen molar-refractivity contribution in [2.24, 2.45) is 12.8 Å². The van der Waals surface area contributed by atoms with Crippen LogP contribution < -0.4 is 5.73 Å². The number of thioether (sulfide) groups is 1. The Bertz CT molecular complexity index is 711. The van der Waals surface area contributed by atoms with Gasteiger partial charge in [0.25, 0.3) is 5.91 Å². The minimum atomic E-state index is -0.455. The average Bonchev–Trinajstić information content (AvgIpc) is 2.73. The number of nitrogens with zero attached hydrogens (tertiary/aromatic N) is 3. The molecule has 7 heteroatoms. The average molecular weight is 325 g/mol. The van der Waals surface area contributed by atoms with Crippen LogP contribution in [0.25, 0.3) is 0 Å². The maximum absolute atomic E-state index is 11.7. The van der Waals surface area contributed by atoms with Crippen molar-refractivity contribution in [3.05, 3.63) is 39.6 Å². The number of rotatable bonds is 4. The third kappa shape index (κ3) is 3.06. The molecular formula is C14H17ClN4OS. The van der Waals surface area contributed by atoms with Crippen molar-refractivity contribution in [1.29, 1.82) is 0 Å². The first kappa shape index (κ1) is 15.9. The molecule has 0 atom stereocenters. The number of aromatic nitrogens is 3. The number of imidazole rings is 1. The Morgan fingerprint density at radius 1 is 1.38 bits per heavy atom. The molecule has 2 aromatic rings. The monoisotopic (exact) mass is 324 g/mol. The lowest BCUT2D eigenvalue weighted by Crippen LogP contribution is -2.16. The number of hydrogen-bond donors (Lipinski definition) is 1. The van der Waals surface area contributed by atoms with Crippen molar-refractivity contribution >= 4 is 29.3 Å². The zero-order valence-corrected chi connectivity index (χ0v) is 14.0. The summed E-state index contributed by atoms with van der Waals surface area (Å²) in [5.41, 5.74) is 8.77. The van der Waals surface area contributed by atoms with Crippen LogP contribution in [0.4, 0.5) is 0 Å². The molecule has 1 amide bonds. The summed E-state index contributed by atoms with van der Waals surface area (Å²) in [5, 5.41) is 1.21. The number of amides is 1. The van der Waals surface area contributed by atoms with E-state index in [-0.39, 0.29) is 0 Å². The molecule has 0 aliphatic carbocycles. The molecule has 2 aromatic heterocycles. The van der Waals surface area contributed by atoms with Gasteiger partial charge in [-0.15, -0.1) is 0 Å². The lowest BCUT2D eigenvalue weighted by atomic mass is 10.0.